The van der Waals surface area contributed by atoms with Crippen LogP contribution in [0, 0.1) is 0 Å². The summed E-state index contributed by atoms with van der Waals surface area (Å²) in [7, 11) is -2.34. The molecule has 1 aliphatic rings. The molecule has 1 aliphatic heterocycles. The van der Waals surface area contributed by atoms with Gasteiger partial charge in [-0.05, 0) is 44.0 Å². The second-order valence-corrected chi connectivity index (χ2v) is 10.5. The molecule has 2 aromatic rings. The molecular formula is C18H22N4O6S3. The number of nitrogens with one attached hydrogen (secondary N) is 1. The molecule has 1 atom stereocenters. The topological polar surface area (TPSA) is 128 Å². The zero-order valence-electron chi connectivity index (χ0n) is 16.9. The van der Waals surface area contributed by atoms with Crippen LogP contribution in [0.15, 0.2) is 33.5 Å². The lowest BCUT2D eigenvalue weighted by molar-refractivity contribution is -0.139. The van der Waals surface area contributed by atoms with Crippen LogP contribution >= 0.6 is 23.1 Å². The molecule has 0 saturated carbocycles. The highest BCUT2D eigenvalue weighted by atomic mass is 32.2. The van der Waals surface area contributed by atoms with E-state index < -0.39 is 22.0 Å². The largest absolute Gasteiger partial charge is 0.497 e. The van der Waals surface area contributed by atoms with Gasteiger partial charge >= 0.3 is 5.97 Å². The van der Waals surface area contributed by atoms with Gasteiger partial charge in [0.1, 0.15) is 11.8 Å². The summed E-state index contributed by atoms with van der Waals surface area (Å²) in [4.78, 5) is 24.3. The van der Waals surface area contributed by atoms with Crippen molar-refractivity contribution in [1.29, 1.82) is 0 Å². The van der Waals surface area contributed by atoms with Crippen molar-refractivity contribution in [2.75, 3.05) is 31.3 Å². The molecule has 1 N–H and O–H groups in total. The van der Waals surface area contributed by atoms with Gasteiger partial charge in [0, 0.05) is 6.54 Å². The predicted molar refractivity (Wildman–Crippen MR) is 116 cm³/mol. The first kappa shape index (κ1) is 23.4. The highest BCUT2D eigenvalue weighted by Gasteiger charge is 2.39. The number of hydrogen-bond acceptors (Lipinski definition) is 10. The average Bonchev–Trinajstić information content (AvgIpc) is 3.42. The molecule has 13 heteroatoms. The van der Waals surface area contributed by atoms with Crippen LogP contribution in [0.4, 0.5) is 5.13 Å². The fraction of sp³-hybridized carbons (Fsp3) is 0.444. The minimum atomic E-state index is -3.84. The van der Waals surface area contributed by atoms with Crippen molar-refractivity contribution < 1.29 is 27.5 Å². The molecule has 3 rings (SSSR count). The van der Waals surface area contributed by atoms with Gasteiger partial charge < -0.3 is 9.47 Å². The van der Waals surface area contributed by atoms with Crippen LogP contribution in [0.3, 0.4) is 0 Å². The smallest absolute Gasteiger partial charge is 0.316 e. The lowest BCUT2D eigenvalue weighted by atomic mass is 10.2. The average molecular weight is 487 g/mol. The first-order valence-corrected chi connectivity index (χ1v) is 12.7. The number of benzene rings is 1. The van der Waals surface area contributed by atoms with Crippen molar-refractivity contribution in [2.24, 2.45) is 0 Å². The number of thioether (sulfide) groups is 1. The maximum Gasteiger partial charge on any atom is 0.316 e. The van der Waals surface area contributed by atoms with E-state index in [-0.39, 0.29) is 28.3 Å². The van der Waals surface area contributed by atoms with Crippen molar-refractivity contribution in [1.82, 2.24) is 14.5 Å². The SMILES string of the molecule is CCOC(=O)CSc1nnc(NC(=O)[C@H]2CCCN2S(=O)(=O)c2ccc(OC)cc2)s1. The third-order valence-corrected chi connectivity index (χ3v) is 8.30. The fourth-order valence-electron chi connectivity index (χ4n) is 3.00. The fourth-order valence-corrected chi connectivity index (χ4v) is 6.21. The van der Waals surface area contributed by atoms with E-state index in [9.17, 15) is 18.0 Å². The van der Waals surface area contributed by atoms with Gasteiger partial charge in [0.05, 0.1) is 24.4 Å². The Morgan fingerprint density at radius 2 is 2.03 bits per heavy atom. The summed E-state index contributed by atoms with van der Waals surface area (Å²) in [5.74, 6) is -0.193. The molecule has 2 heterocycles. The maximum atomic E-state index is 13.0. The van der Waals surface area contributed by atoms with Crippen LogP contribution in [-0.4, -0.2) is 66.9 Å². The molecule has 0 bridgehead atoms. The molecule has 1 aromatic carbocycles. The molecule has 0 aliphatic carbocycles. The molecule has 0 radical (unpaired) electrons. The number of methoxy groups -OCH3 is 1. The molecule has 1 saturated heterocycles. The monoisotopic (exact) mass is 486 g/mol. The Balaban J connectivity index is 1.65. The van der Waals surface area contributed by atoms with E-state index in [0.29, 0.717) is 29.5 Å². The van der Waals surface area contributed by atoms with Gasteiger partial charge in [0.2, 0.25) is 21.1 Å². The van der Waals surface area contributed by atoms with Gasteiger partial charge in [-0.3, -0.25) is 14.9 Å². The number of carbonyl (C=O) groups excluding carboxylic acids is 2. The van der Waals surface area contributed by atoms with Crippen molar-refractivity contribution in [3.63, 3.8) is 0 Å². The number of anilines is 1. The Labute approximate surface area is 188 Å². The van der Waals surface area contributed by atoms with Crippen LogP contribution in [-0.2, 0) is 24.3 Å². The van der Waals surface area contributed by atoms with E-state index >= 15 is 0 Å². The number of sulfonamides is 1. The summed E-state index contributed by atoms with van der Waals surface area (Å²) < 4.78 is 37.7. The van der Waals surface area contributed by atoms with E-state index in [0.717, 1.165) is 23.1 Å². The number of esters is 1. The molecule has 1 aromatic heterocycles. The van der Waals surface area contributed by atoms with E-state index in [2.05, 4.69) is 15.5 Å². The van der Waals surface area contributed by atoms with Gasteiger partial charge in [-0.2, -0.15) is 4.31 Å². The van der Waals surface area contributed by atoms with E-state index in [1.165, 1.54) is 23.5 Å². The maximum absolute atomic E-state index is 13.0. The Morgan fingerprint density at radius 3 is 2.71 bits per heavy atom. The first-order valence-electron chi connectivity index (χ1n) is 9.44. The predicted octanol–water partition coefficient (Wildman–Crippen LogP) is 1.99. The summed E-state index contributed by atoms with van der Waals surface area (Å²) in [6.07, 6.45) is 0.981. The molecular weight excluding hydrogens is 464 g/mol. The normalized spacial score (nSPS) is 16.8. The number of rotatable bonds is 9. The van der Waals surface area contributed by atoms with Crippen LogP contribution in [0.25, 0.3) is 0 Å². The Bertz CT molecular complexity index is 1030. The molecule has 1 amide bonds. The summed E-state index contributed by atoms with van der Waals surface area (Å²) >= 11 is 2.26. The summed E-state index contributed by atoms with van der Waals surface area (Å²) in [6.45, 7) is 2.28. The number of carbonyl (C=O) groups is 2. The van der Waals surface area contributed by atoms with Crippen molar-refractivity contribution in [3.8, 4) is 5.75 Å². The highest BCUT2D eigenvalue weighted by molar-refractivity contribution is 8.01. The van der Waals surface area contributed by atoms with Gasteiger partial charge in [0.25, 0.3) is 0 Å². The zero-order chi connectivity index (χ0) is 22.4. The summed E-state index contributed by atoms with van der Waals surface area (Å²) in [5, 5.41) is 10.7. The number of nitrogens with zero attached hydrogens (tertiary/aromatic N) is 3. The van der Waals surface area contributed by atoms with E-state index in [1.807, 2.05) is 0 Å². The molecule has 10 nitrogen and oxygen atoms in total. The number of hydrogen-bond donors (Lipinski definition) is 1. The van der Waals surface area contributed by atoms with Gasteiger partial charge in [-0.25, -0.2) is 8.42 Å². The Morgan fingerprint density at radius 1 is 1.29 bits per heavy atom. The van der Waals surface area contributed by atoms with Gasteiger partial charge in [-0.15, -0.1) is 10.2 Å². The number of aromatic nitrogens is 2. The molecule has 0 spiro atoms. The Kier molecular flexibility index (Phi) is 7.86. The van der Waals surface area contributed by atoms with E-state index in [1.54, 1.807) is 19.1 Å². The minimum Gasteiger partial charge on any atom is -0.497 e. The van der Waals surface area contributed by atoms with Crippen LogP contribution < -0.4 is 10.1 Å². The standard InChI is InChI=1S/C18H22N4O6S3/c1-3-28-15(23)11-29-18-21-20-17(30-18)19-16(24)14-5-4-10-22(14)31(25,26)13-8-6-12(27-2)7-9-13/h6-9,14H,3-5,10-11H2,1-2H3,(H,19,20,24)/t14-/m1/s1. The minimum absolute atomic E-state index is 0.0902. The zero-order valence-corrected chi connectivity index (χ0v) is 19.4. The second kappa shape index (κ2) is 10.4. The first-order chi connectivity index (χ1) is 14.8. The summed E-state index contributed by atoms with van der Waals surface area (Å²) in [5.41, 5.74) is 0. The molecule has 0 unspecified atom stereocenters. The van der Waals surface area contributed by atoms with Gasteiger partial charge in [0.15, 0.2) is 4.34 Å². The lowest BCUT2D eigenvalue weighted by Crippen LogP contribution is -2.43. The van der Waals surface area contributed by atoms with Crippen LogP contribution in [0.2, 0.25) is 0 Å². The highest BCUT2D eigenvalue weighted by Crippen LogP contribution is 2.29. The van der Waals surface area contributed by atoms with Crippen molar-refractivity contribution >= 4 is 50.1 Å². The third-order valence-electron chi connectivity index (χ3n) is 4.43. The summed E-state index contributed by atoms with van der Waals surface area (Å²) in [6, 6.07) is 5.20. The van der Waals surface area contributed by atoms with Gasteiger partial charge in [-0.1, -0.05) is 23.1 Å². The quantitative estimate of drug-likeness (QED) is 0.321. The third kappa shape index (κ3) is 5.73. The molecule has 31 heavy (non-hydrogen) atoms. The number of ether oxygens (including phenoxy) is 2. The van der Waals surface area contributed by atoms with E-state index in [4.69, 9.17) is 9.47 Å². The Hall–Kier alpha value is -2.22. The molecule has 1 fully saturated rings. The second-order valence-electron chi connectivity index (χ2n) is 6.41. The number of amides is 1. The van der Waals surface area contributed by atoms with Crippen molar-refractivity contribution in [3.05, 3.63) is 24.3 Å². The lowest BCUT2D eigenvalue weighted by Gasteiger charge is -2.23. The van der Waals surface area contributed by atoms with Crippen molar-refractivity contribution in [2.45, 2.75) is 35.0 Å². The molecule has 168 valence electrons. The van der Waals surface area contributed by atoms with Crippen LogP contribution in [0.1, 0.15) is 19.8 Å². The van der Waals surface area contributed by atoms with Crippen LogP contribution in [0.5, 0.6) is 5.75 Å².